The molecule has 138 valence electrons. The Morgan fingerprint density at radius 2 is 1.58 bits per heavy atom. The van der Waals surface area contributed by atoms with Gasteiger partial charge in [0.15, 0.2) is 0 Å². The molecule has 2 atom stereocenters. The van der Waals surface area contributed by atoms with Gasteiger partial charge in [-0.1, -0.05) is 60.7 Å². The van der Waals surface area contributed by atoms with Gasteiger partial charge in [-0.3, -0.25) is 4.79 Å². The molecule has 0 aromatic heterocycles. The number of benzene rings is 2. The highest BCUT2D eigenvalue weighted by Gasteiger charge is 2.24. The van der Waals surface area contributed by atoms with Crippen LogP contribution in [0.25, 0.3) is 0 Å². The summed E-state index contributed by atoms with van der Waals surface area (Å²) in [7, 11) is 0. The van der Waals surface area contributed by atoms with Gasteiger partial charge in [-0.25, -0.2) is 4.79 Å². The van der Waals surface area contributed by atoms with Crippen molar-refractivity contribution in [2.45, 2.75) is 18.2 Å². The van der Waals surface area contributed by atoms with Crippen LogP contribution in [0.2, 0.25) is 0 Å². The number of rotatable bonds is 10. The van der Waals surface area contributed by atoms with Crippen LogP contribution < -0.4 is 5.32 Å². The van der Waals surface area contributed by atoms with Crippen molar-refractivity contribution >= 4 is 36.3 Å². The minimum absolute atomic E-state index is 0.267. The predicted octanol–water partition coefficient (Wildman–Crippen LogP) is 3.28. The summed E-state index contributed by atoms with van der Waals surface area (Å²) in [6.07, 6.45) is 0.541. The van der Waals surface area contributed by atoms with Gasteiger partial charge in [0, 0.05) is 17.3 Å². The molecular formula is C20H23NO3S2. The fourth-order valence-corrected chi connectivity index (χ4v) is 3.77. The standard InChI is InChI=1S/C20H23NO3S2/c22-19(17(12-25)11-15-7-3-1-4-8-15)21-18(20(23)24)14-26-13-16-9-5-2-6-10-16/h1-10,17-18,25H,11-14H2,(H,21,22)(H,23,24)/t17-,18+/m0/s1. The first-order chi connectivity index (χ1) is 12.6. The van der Waals surface area contributed by atoms with Crippen molar-refractivity contribution in [3.8, 4) is 0 Å². The number of nitrogens with one attached hydrogen (secondary N) is 1. The lowest BCUT2D eigenvalue weighted by atomic mass is 10.00. The highest BCUT2D eigenvalue weighted by atomic mass is 32.2. The summed E-state index contributed by atoms with van der Waals surface area (Å²) in [5.74, 6) is -0.250. The molecule has 0 aliphatic carbocycles. The number of carbonyl (C=O) groups is 2. The van der Waals surface area contributed by atoms with Crippen LogP contribution in [-0.2, 0) is 21.8 Å². The third-order valence-electron chi connectivity index (χ3n) is 3.93. The van der Waals surface area contributed by atoms with Gasteiger partial charge in [0.1, 0.15) is 6.04 Å². The van der Waals surface area contributed by atoms with Gasteiger partial charge >= 0.3 is 5.97 Å². The van der Waals surface area contributed by atoms with E-state index in [-0.39, 0.29) is 11.8 Å². The van der Waals surface area contributed by atoms with E-state index in [0.717, 1.165) is 11.1 Å². The Morgan fingerprint density at radius 1 is 1.00 bits per heavy atom. The Hall–Kier alpha value is -1.92. The van der Waals surface area contributed by atoms with Crippen LogP contribution in [0.4, 0.5) is 0 Å². The predicted molar refractivity (Wildman–Crippen MR) is 110 cm³/mol. The second-order valence-electron chi connectivity index (χ2n) is 5.97. The molecule has 0 fully saturated rings. The largest absolute Gasteiger partial charge is 0.480 e. The minimum Gasteiger partial charge on any atom is -0.480 e. The minimum atomic E-state index is -1.02. The van der Waals surface area contributed by atoms with Gasteiger partial charge in [-0.2, -0.15) is 24.4 Å². The van der Waals surface area contributed by atoms with Crippen LogP contribution in [-0.4, -0.2) is 34.5 Å². The molecule has 0 saturated carbocycles. The van der Waals surface area contributed by atoms with Crippen LogP contribution in [0, 0.1) is 5.92 Å². The molecule has 6 heteroatoms. The summed E-state index contributed by atoms with van der Waals surface area (Å²) in [5, 5.41) is 12.1. The van der Waals surface area contributed by atoms with Crippen LogP contribution in [0.15, 0.2) is 60.7 Å². The van der Waals surface area contributed by atoms with E-state index in [0.29, 0.717) is 23.7 Å². The average Bonchev–Trinajstić information content (AvgIpc) is 2.66. The van der Waals surface area contributed by atoms with Gasteiger partial charge in [-0.05, 0) is 17.5 Å². The summed E-state index contributed by atoms with van der Waals surface area (Å²) >= 11 is 5.76. The molecule has 0 radical (unpaired) electrons. The Balaban J connectivity index is 1.88. The average molecular weight is 390 g/mol. The molecule has 2 N–H and O–H groups in total. The molecule has 26 heavy (non-hydrogen) atoms. The SMILES string of the molecule is O=C(N[C@H](CSCc1ccccc1)C(=O)O)[C@H](CS)Cc1ccccc1. The maximum atomic E-state index is 12.5. The maximum absolute atomic E-state index is 12.5. The van der Waals surface area contributed by atoms with Crippen LogP contribution in [0.3, 0.4) is 0 Å². The van der Waals surface area contributed by atoms with E-state index in [1.165, 1.54) is 11.8 Å². The maximum Gasteiger partial charge on any atom is 0.327 e. The Bertz CT molecular complexity index is 695. The third-order valence-corrected chi connectivity index (χ3v) is 5.47. The van der Waals surface area contributed by atoms with E-state index in [1.807, 2.05) is 60.7 Å². The van der Waals surface area contributed by atoms with Gasteiger partial charge < -0.3 is 10.4 Å². The highest BCUT2D eigenvalue weighted by Crippen LogP contribution is 2.15. The lowest BCUT2D eigenvalue weighted by Gasteiger charge is -2.19. The van der Waals surface area contributed by atoms with Crippen LogP contribution >= 0.6 is 24.4 Å². The molecule has 0 aliphatic rings. The zero-order valence-electron chi connectivity index (χ0n) is 14.4. The second-order valence-corrected chi connectivity index (χ2v) is 7.36. The van der Waals surface area contributed by atoms with Crippen molar-refractivity contribution < 1.29 is 14.7 Å². The third kappa shape index (κ3) is 6.77. The van der Waals surface area contributed by atoms with Crippen molar-refractivity contribution in [2.75, 3.05) is 11.5 Å². The molecule has 1 amide bonds. The fraction of sp³-hybridized carbons (Fsp3) is 0.300. The number of carboxylic acid groups (broad SMARTS) is 1. The van der Waals surface area contributed by atoms with E-state index < -0.39 is 12.0 Å². The lowest BCUT2D eigenvalue weighted by Crippen LogP contribution is -2.46. The first kappa shape index (κ1) is 20.4. The summed E-state index contributed by atoms with van der Waals surface area (Å²) in [5.41, 5.74) is 2.16. The number of aliphatic carboxylic acids is 1. The number of hydrogen-bond acceptors (Lipinski definition) is 4. The van der Waals surface area contributed by atoms with E-state index >= 15 is 0 Å². The van der Waals surface area contributed by atoms with Crippen molar-refractivity contribution in [1.29, 1.82) is 0 Å². The number of hydrogen-bond donors (Lipinski definition) is 3. The molecule has 2 aromatic rings. The molecule has 0 unspecified atom stereocenters. The van der Waals surface area contributed by atoms with E-state index in [9.17, 15) is 14.7 Å². The summed E-state index contributed by atoms with van der Waals surface area (Å²) in [6, 6.07) is 18.6. The molecular weight excluding hydrogens is 366 g/mol. The van der Waals surface area contributed by atoms with Crippen LogP contribution in [0.5, 0.6) is 0 Å². The zero-order chi connectivity index (χ0) is 18.8. The molecule has 2 aromatic carbocycles. The molecule has 0 aliphatic heterocycles. The molecule has 4 nitrogen and oxygen atoms in total. The van der Waals surface area contributed by atoms with Crippen molar-refractivity contribution in [3.63, 3.8) is 0 Å². The quantitative estimate of drug-likeness (QED) is 0.546. The Labute approximate surface area is 163 Å². The van der Waals surface area contributed by atoms with Crippen LogP contribution in [0.1, 0.15) is 11.1 Å². The Morgan fingerprint density at radius 3 is 2.12 bits per heavy atom. The summed E-state index contributed by atoms with van der Waals surface area (Å²) < 4.78 is 0. The molecule has 0 bridgehead atoms. The van der Waals surface area contributed by atoms with Crippen molar-refractivity contribution in [3.05, 3.63) is 71.8 Å². The molecule has 0 heterocycles. The second kappa shape index (κ2) is 10.9. The Kier molecular flexibility index (Phi) is 8.58. The smallest absolute Gasteiger partial charge is 0.327 e. The molecule has 0 saturated heterocycles. The lowest BCUT2D eigenvalue weighted by molar-refractivity contribution is -0.141. The molecule has 0 spiro atoms. The van der Waals surface area contributed by atoms with Crippen molar-refractivity contribution in [2.24, 2.45) is 5.92 Å². The van der Waals surface area contributed by atoms with Crippen molar-refractivity contribution in [1.82, 2.24) is 5.32 Å². The first-order valence-electron chi connectivity index (χ1n) is 8.39. The number of carbonyl (C=O) groups excluding carboxylic acids is 1. The number of carboxylic acids is 1. The highest BCUT2D eigenvalue weighted by molar-refractivity contribution is 7.98. The normalized spacial score (nSPS) is 13.0. The summed E-state index contributed by atoms with van der Waals surface area (Å²) in [4.78, 5) is 24.0. The van der Waals surface area contributed by atoms with Gasteiger partial charge in [0.2, 0.25) is 5.91 Å². The zero-order valence-corrected chi connectivity index (χ0v) is 16.1. The number of thioether (sulfide) groups is 1. The first-order valence-corrected chi connectivity index (χ1v) is 10.2. The van der Waals surface area contributed by atoms with E-state index in [1.54, 1.807) is 0 Å². The topological polar surface area (TPSA) is 66.4 Å². The van der Waals surface area contributed by atoms with E-state index in [4.69, 9.17) is 0 Å². The number of thiol groups is 1. The number of amides is 1. The van der Waals surface area contributed by atoms with Gasteiger partial charge in [0.25, 0.3) is 0 Å². The van der Waals surface area contributed by atoms with Gasteiger partial charge in [-0.15, -0.1) is 0 Å². The summed E-state index contributed by atoms with van der Waals surface area (Å²) in [6.45, 7) is 0. The van der Waals surface area contributed by atoms with Gasteiger partial charge in [0.05, 0.1) is 5.92 Å². The molecule has 2 rings (SSSR count). The monoisotopic (exact) mass is 389 g/mol. The fourth-order valence-electron chi connectivity index (χ4n) is 2.47. The van der Waals surface area contributed by atoms with E-state index in [2.05, 4.69) is 17.9 Å².